The average molecular weight is 679 g/mol. The molecule has 0 radical (unpaired) electrons. The van der Waals surface area contributed by atoms with E-state index in [-0.39, 0.29) is 5.41 Å². The summed E-state index contributed by atoms with van der Waals surface area (Å²) in [6, 6.07) is 63.6. The van der Waals surface area contributed by atoms with Gasteiger partial charge in [-0.1, -0.05) is 166 Å². The van der Waals surface area contributed by atoms with E-state index < -0.39 is 0 Å². The van der Waals surface area contributed by atoms with Gasteiger partial charge in [0.15, 0.2) is 0 Å². The fraction of sp³-hybridized carbons (Fsp3) is 0.0588. The van der Waals surface area contributed by atoms with E-state index in [2.05, 4.69) is 184 Å². The zero-order chi connectivity index (χ0) is 34.6. The van der Waals surface area contributed by atoms with Crippen molar-refractivity contribution < 1.29 is 0 Å². The monoisotopic (exact) mass is 678 g/mol. The average Bonchev–Trinajstić information content (AvgIpc) is 3.69. The third-order valence-corrected chi connectivity index (χ3v) is 12.9. The molecule has 0 unspecified atom stereocenters. The van der Waals surface area contributed by atoms with Gasteiger partial charge in [0.1, 0.15) is 0 Å². The predicted molar refractivity (Wildman–Crippen MR) is 226 cm³/mol. The van der Waals surface area contributed by atoms with Gasteiger partial charge in [-0.15, -0.1) is 11.3 Å². The molecule has 1 aromatic heterocycles. The Kier molecular flexibility index (Phi) is 6.27. The van der Waals surface area contributed by atoms with E-state index in [0.29, 0.717) is 0 Å². The summed E-state index contributed by atoms with van der Waals surface area (Å²) >= 11 is 1.91. The summed E-state index contributed by atoms with van der Waals surface area (Å²) in [5.74, 6) is 0. The number of benzene rings is 9. The van der Waals surface area contributed by atoms with Crippen molar-refractivity contribution in [2.75, 3.05) is 0 Å². The largest absolute Gasteiger partial charge is 0.135 e. The summed E-state index contributed by atoms with van der Waals surface area (Å²) in [6.45, 7) is 4.76. The Balaban J connectivity index is 1.30. The Morgan fingerprint density at radius 3 is 1.81 bits per heavy atom. The molecule has 0 N–H and O–H groups in total. The fourth-order valence-corrected chi connectivity index (χ4v) is 10.4. The van der Waals surface area contributed by atoms with Crippen LogP contribution in [0.15, 0.2) is 170 Å². The number of fused-ring (bicyclic) bond motifs is 9. The van der Waals surface area contributed by atoms with Crippen LogP contribution in [0.1, 0.15) is 25.0 Å². The van der Waals surface area contributed by atoms with Crippen molar-refractivity contribution in [3.8, 4) is 44.5 Å². The van der Waals surface area contributed by atoms with Gasteiger partial charge >= 0.3 is 0 Å². The van der Waals surface area contributed by atoms with Crippen molar-refractivity contribution in [1.82, 2.24) is 0 Å². The fourth-order valence-electron chi connectivity index (χ4n) is 9.21. The van der Waals surface area contributed by atoms with Crippen LogP contribution in [-0.2, 0) is 5.41 Å². The maximum Gasteiger partial charge on any atom is 0.0434 e. The van der Waals surface area contributed by atoms with Crippen molar-refractivity contribution in [3.63, 3.8) is 0 Å². The third-order valence-electron chi connectivity index (χ3n) is 11.7. The Bertz CT molecular complexity index is 3100. The first kappa shape index (κ1) is 29.7. The van der Waals surface area contributed by atoms with Crippen LogP contribution >= 0.6 is 11.3 Å². The van der Waals surface area contributed by atoms with Crippen molar-refractivity contribution in [2.24, 2.45) is 0 Å². The summed E-state index contributed by atoms with van der Waals surface area (Å²) in [5.41, 5.74) is 13.1. The molecule has 1 heterocycles. The zero-order valence-electron chi connectivity index (χ0n) is 29.1. The van der Waals surface area contributed by atoms with Gasteiger partial charge in [-0.2, -0.15) is 0 Å². The lowest BCUT2D eigenvalue weighted by molar-refractivity contribution is 0.660. The normalized spacial score (nSPS) is 13.3. The van der Waals surface area contributed by atoms with Gasteiger partial charge in [0.25, 0.3) is 0 Å². The summed E-state index contributed by atoms with van der Waals surface area (Å²) < 4.78 is 2.67. The molecule has 11 rings (SSSR count). The van der Waals surface area contributed by atoms with E-state index in [0.717, 1.165) is 0 Å². The van der Waals surface area contributed by atoms with E-state index in [1.54, 1.807) is 0 Å². The molecule has 0 bridgehead atoms. The van der Waals surface area contributed by atoms with Crippen LogP contribution < -0.4 is 0 Å². The van der Waals surface area contributed by atoms with E-state index in [9.17, 15) is 0 Å². The van der Waals surface area contributed by atoms with E-state index in [1.807, 2.05) is 11.3 Å². The third kappa shape index (κ3) is 4.15. The molecule has 10 aromatic rings. The molecule has 0 saturated carbocycles. The van der Waals surface area contributed by atoms with Crippen molar-refractivity contribution in [1.29, 1.82) is 0 Å². The first-order chi connectivity index (χ1) is 25.6. The summed E-state index contributed by atoms with van der Waals surface area (Å²) in [6.07, 6.45) is 0. The molecule has 244 valence electrons. The minimum absolute atomic E-state index is 0.0828. The van der Waals surface area contributed by atoms with Crippen molar-refractivity contribution in [2.45, 2.75) is 19.3 Å². The first-order valence-corrected chi connectivity index (χ1v) is 19.0. The lowest BCUT2D eigenvalue weighted by atomic mass is 9.80. The Morgan fingerprint density at radius 1 is 0.365 bits per heavy atom. The van der Waals surface area contributed by atoms with E-state index in [1.165, 1.54) is 108 Å². The maximum absolute atomic E-state index is 2.47. The second-order valence-corrected chi connectivity index (χ2v) is 15.8. The van der Waals surface area contributed by atoms with Crippen LogP contribution in [0.25, 0.3) is 97.0 Å². The maximum atomic E-state index is 2.47. The van der Waals surface area contributed by atoms with Gasteiger partial charge in [0.05, 0.1) is 0 Å². The van der Waals surface area contributed by atoms with Crippen LogP contribution in [0, 0.1) is 0 Å². The molecule has 1 heteroatoms. The number of hydrogen-bond acceptors (Lipinski definition) is 1. The molecule has 1 aliphatic rings. The molecule has 0 fully saturated rings. The van der Waals surface area contributed by atoms with Gasteiger partial charge in [-0.3, -0.25) is 0 Å². The molecule has 0 saturated heterocycles. The summed E-state index contributed by atoms with van der Waals surface area (Å²) in [5, 5.41) is 10.3. The smallest absolute Gasteiger partial charge is 0.0434 e. The second kappa shape index (κ2) is 11.0. The van der Waals surface area contributed by atoms with Crippen molar-refractivity contribution >= 4 is 63.8 Å². The molecule has 0 aliphatic heterocycles. The SMILES string of the molecule is CC1(C)c2ccccc2-c2c(-c3c4ccccc4c(-c4cccc5c4sc4ccccc45)c4ccc(-c5ccc6ccccc6c5)cc34)cccc21. The van der Waals surface area contributed by atoms with Crippen molar-refractivity contribution in [3.05, 3.63) is 181 Å². The lowest BCUT2D eigenvalue weighted by Crippen LogP contribution is -2.14. The highest BCUT2D eigenvalue weighted by molar-refractivity contribution is 7.26. The van der Waals surface area contributed by atoms with Crippen LogP contribution in [0.2, 0.25) is 0 Å². The minimum atomic E-state index is -0.0828. The Labute approximate surface area is 307 Å². The molecular weight excluding hydrogens is 645 g/mol. The lowest BCUT2D eigenvalue weighted by Gasteiger charge is -2.23. The molecule has 9 aromatic carbocycles. The molecule has 0 nitrogen and oxygen atoms in total. The molecule has 1 aliphatic carbocycles. The standard InChI is InChI=1S/C51H34S/c1-51(2)44-22-9-7-18-40(44)49-41(20-12-23-45(49)51)48-37-17-6-5-16-36(37)47(42-21-11-19-39-35-15-8-10-24-46(35)52-50(39)42)38-28-27-34(30-43(38)48)33-26-25-31-13-3-4-14-32(31)29-33/h3-30H,1-2H3. The van der Waals surface area contributed by atoms with Crippen LogP contribution in [0.3, 0.4) is 0 Å². The topological polar surface area (TPSA) is 0 Å². The van der Waals surface area contributed by atoms with Crippen LogP contribution in [0.5, 0.6) is 0 Å². The second-order valence-electron chi connectivity index (χ2n) is 14.8. The quantitative estimate of drug-likeness (QED) is 0.163. The minimum Gasteiger partial charge on any atom is -0.135 e. The Morgan fingerprint density at radius 2 is 0.942 bits per heavy atom. The summed E-state index contributed by atoms with van der Waals surface area (Å²) in [4.78, 5) is 0. The molecule has 0 amide bonds. The van der Waals surface area contributed by atoms with E-state index >= 15 is 0 Å². The molecule has 52 heavy (non-hydrogen) atoms. The predicted octanol–water partition coefficient (Wildman–Crippen LogP) is 14.8. The summed E-state index contributed by atoms with van der Waals surface area (Å²) in [7, 11) is 0. The number of hydrogen-bond donors (Lipinski definition) is 0. The molecule has 0 spiro atoms. The Hall–Kier alpha value is -6.02. The van der Waals surface area contributed by atoms with Crippen LogP contribution in [-0.4, -0.2) is 0 Å². The van der Waals surface area contributed by atoms with Gasteiger partial charge in [-0.25, -0.2) is 0 Å². The van der Waals surface area contributed by atoms with Gasteiger partial charge < -0.3 is 0 Å². The first-order valence-electron chi connectivity index (χ1n) is 18.2. The van der Waals surface area contributed by atoms with Gasteiger partial charge in [-0.05, 0) is 101 Å². The van der Waals surface area contributed by atoms with E-state index in [4.69, 9.17) is 0 Å². The van der Waals surface area contributed by atoms with Gasteiger partial charge in [0, 0.05) is 31.2 Å². The number of thiophene rings is 1. The highest BCUT2D eigenvalue weighted by Gasteiger charge is 2.37. The highest BCUT2D eigenvalue weighted by Crippen LogP contribution is 2.55. The molecule has 0 atom stereocenters. The molecular formula is C51H34S. The zero-order valence-corrected chi connectivity index (χ0v) is 29.9. The van der Waals surface area contributed by atoms with Crippen LogP contribution in [0.4, 0.5) is 0 Å². The van der Waals surface area contributed by atoms with Gasteiger partial charge in [0.2, 0.25) is 0 Å². The highest BCUT2D eigenvalue weighted by atomic mass is 32.1. The number of rotatable bonds is 3.